The van der Waals surface area contributed by atoms with Crippen molar-refractivity contribution in [3.8, 4) is 17.2 Å². The Labute approximate surface area is 185 Å². The molecule has 8 heteroatoms. The van der Waals surface area contributed by atoms with Crippen LogP contribution in [0.5, 0.6) is 5.75 Å². The number of hydrogen-bond acceptors (Lipinski definition) is 7. The molecule has 0 saturated heterocycles. The molecule has 0 N–H and O–H groups in total. The molecule has 0 radical (unpaired) electrons. The largest absolute Gasteiger partial charge is 0.489 e. The van der Waals surface area contributed by atoms with Crippen LogP contribution in [0.4, 0.5) is 10.6 Å². The first-order chi connectivity index (χ1) is 15.3. The molecule has 0 spiro atoms. The number of pyridine rings is 2. The van der Waals surface area contributed by atoms with E-state index in [1.54, 1.807) is 31.7 Å². The van der Waals surface area contributed by atoms with Crippen molar-refractivity contribution in [1.82, 2.24) is 15.0 Å². The minimum atomic E-state index is -0.567. The number of fused-ring (bicyclic) bond motifs is 1. The highest BCUT2D eigenvalue weighted by Gasteiger charge is 2.21. The third kappa shape index (κ3) is 5.03. The lowest BCUT2D eigenvalue weighted by atomic mass is 10.2. The van der Waals surface area contributed by atoms with E-state index in [2.05, 4.69) is 15.0 Å². The van der Waals surface area contributed by atoms with Gasteiger partial charge in [-0.1, -0.05) is 6.07 Å². The van der Waals surface area contributed by atoms with Crippen LogP contribution in [0.1, 0.15) is 26.3 Å². The normalized spacial score (nSPS) is 11.4. The quantitative estimate of drug-likeness (QED) is 0.426. The summed E-state index contributed by atoms with van der Waals surface area (Å²) in [6.45, 7) is 5.79. The lowest BCUT2D eigenvalue weighted by molar-refractivity contribution is 0.0588. The van der Waals surface area contributed by atoms with Gasteiger partial charge in [-0.15, -0.1) is 0 Å². The van der Waals surface area contributed by atoms with Gasteiger partial charge in [0.05, 0.1) is 5.56 Å². The number of ether oxygens (including phenoxy) is 2. The molecule has 4 aromatic rings. The van der Waals surface area contributed by atoms with Crippen molar-refractivity contribution < 1.29 is 18.7 Å². The number of anilines is 1. The van der Waals surface area contributed by atoms with Crippen LogP contribution in [0.15, 0.2) is 65.5 Å². The fourth-order valence-electron chi connectivity index (χ4n) is 2.90. The zero-order valence-electron chi connectivity index (χ0n) is 18.4. The van der Waals surface area contributed by atoms with E-state index in [0.717, 1.165) is 11.1 Å². The summed E-state index contributed by atoms with van der Waals surface area (Å²) in [5, 5.41) is 0. The van der Waals surface area contributed by atoms with Crippen LogP contribution >= 0.6 is 0 Å². The second-order valence-electron chi connectivity index (χ2n) is 8.24. The Morgan fingerprint density at radius 3 is 2.66 bits per heavy atom. The van der Waals surface area contributed by atoms with Crippen molar-refractivity contribution in [2.45, 2.75) is 33.0 Å². The number of carbonyl (C=O) groups is 1. The van der Waals surface area contributed by atoms with Gasteiger partial charge in [0.1, 0.15) is 29.3 Å². The number of aromatic nitrogens is 3. The standard InChI is InChI=1S/C24H24N4O4/c1-24(2,3)32-23(29)28(4)21-10-7-16(13-26-21)15-30-18-8-9-20-19(12-18)27-22(31-20)17-6-5-11-25-14-17/h5-14H,15H2,1-4H3. The average Bonchev–Trinajstić information content (AvgIpc) is 3.20. The molecule has 0 atom stereocenters. The predicted octanol–water partition coefficient (Wildman–Crippen LogP) is 5.24. The van der Waals surface area contributed by atoms with Gasteiger partial charge in [-0.05, 0) is 51.1 Å². The molecule has 0 unspecified atom stereocenters. The van der Waals surface area contributed by atoms with Gasteiger partial charge in [0.15, 0.2) is 5.58 Å². The van der Waals surface area contributed by atoms with Gasteiger partial charge < -0.3 is 13.9 Å². The summed E-state index contributed by atoms with van der Waals surface area (Å²) in [6, 6.07) is 12.8. The van der Waals surface area contributed by atoms with E-state index in [4.69, 9.17) is 13.9 Å². The van der Waals surface area contributed by atoms with Crippen LogP contribution < -0.4 is 9.64 Å². The van der Waals surface area contributed by atoms with E-state index < -0.39 is 11.7 Å². The fraction of sp³-hybridized carbons (Fsp3) is 0.250. The molecule has 0 aliphatic rings. The number of rotatable bonds is 5. The summed E-state index contributed by atoms with van der Waals surface area (Å²) in [5.74, 6) is 1.67. The molecule has 1 amide bonds. The first-order valence-corrected chi connectivity index (χ1v) is 10.1. The van der Waals surface area contributed by atoms with Crippen LogP contribution in [-0.2, 0) is 11.3 Å². The number of amides is 1. The molecule has 1 aromatic carbocycles. The summed E-state index contributed by atoms with van der Waals surface area (Å²) >= 11 is 0. The van der Waals surface area contributed by atoms with Crippen molar-refractivity contribution in [1.29, 1.82) is 0 Å². The predicted molar refractivity (Wildman–Crippen MR) is 120 cm³/mol. The van der Waals surface area contributed by atoms with E-state index in [1.165, 1.54) is 4.90 Å². The number of oxazole rings is 1. The van der Waals surface area contributed by atoms with E-state index in [1.807, 2.05) is 57.2 Å². The van der Waals surface area contributed by atoms with Crippen LogP contribution in [-0.4, -0.2) is 33.7 Å². The van der Waals surface area contributed by atoms with Gasteiger partial charge in [0.25, 0.3) is 0 Å². The molecule has 0 saturated carbocycles. The second kappa shape index (κ2) is 8.66. The summed E-state index contributed by atoms with van der Waals surface area (Å²) in [7, 11) is 1.62. The monoisotopic (exact) mass is 432 g/mol. The molecule has 0 bridgehead atoms. The third-order valence-electron chi connectivity index (χ3n) is 4.49. The number of hydrogen-bond donors (Lipinski definition) is 0. The van der Waals surface area contributed by atoms with Crippen molar-refractivity contribution in [3.05, 3.63) is 66.6 Å². The first-order valence-electron chi connectivity index (χ1n) is 10.1. The molecule has 164 valence electrons. The number of nitrogens with zero attached hydrogens (tertiary/aromatic N) is 4. The topological polar surface area (TPSA) is 90.6 Å². The fourth-order valence-corrected chi connectivity index (χ4v) is 2.90. The van der Waals surface area contributed by atoms with Crippen molar-refractivity contribution in [3.63, 3.8) is 0 Å². The van der Waals surface area contributed by atoms with Crippen LogP contribution in [0.2, 0.25) is 0 Å². The van der Waals surface area contributed by atoms with Gasteiger partial charge in [0.2, 0.25) is 5.89 Å². The van der Waals surface area contributed by atoms with Crippen LogP contribution in [0, 0.1) is 0 Å². The molecule has 3 heterocycles. The number of benzene rings is 1. The van der Waals surface area contributed by atoms with Crippen LogP contribution in [0.25, 0.3) is 22.6 Å². The Bertz CT molecular complexity index is 1210. The summed E-state index contributed by atoms with van der Waals surface area (Å²) < 4.78 is 17.0. The molecule has 0 fully saturated rings. The molecule has 4 rings (SSSR count). The average molecular weight is 432 g/mol. The first kappa shape index (κ1) is 21.3. The zero-order chi connectivity index (χ0) is 22.7. The van der Waals surface area contributed by atoms with Gasteiger partial charge in [0, 0.05) is 37.3 Å². The highest BCUT2D eigenvalue weighted by atomic mass is 16.6. The Balaban J connectivity index is 1.40. The third-order valence-corrected chi connectivity index (χ3v) is 4.49. The minimum Gasteiger partial charge on any atom is -0.489 e. The number of carbonyl (C=O) groups excluding carboxylic acids is 1. The van der Waals surface area contributed by atoms with Gasteiger partial charge in [-0.25, -0.2) is 14.8 Å². The lowest BCUT2D eigenvalue weighted by Crippen LogP contribution is -2.34. The molecular formula is C24H24N4O4. The van der Waals surface area contributed by atoms with E-state index in [-0.39, 0.29) is 0 Å². The maximum Gasteiger partial charge on any atom is 0.415 e. The zero-order valence-corrected chi connectivity index (χ0v) is 18.4. The van der Waals surface area contributed by atoms with E-state index in [0.29, 0.717) is 35.2 Å². The smallest absolute Gasteiger partial charge is 0.415 e. The van der Waals surface area contributed by atoms with E-state index >= 15 is 0 Å². The Hall–Kier alpha value is -3.94. The highest BCUT2D eigenvalue weighted by molar-refractivity contribution is 5.85. The highest BCUT2D eigenvalue weighted by Crippen LogP contribution is 2.27. The van der Waals surface area contributed by atoms with Gasteiger partial charge >= 0.3 is 6.09 Å². The summed E-state index contributed by atoms with van der Waals surface area (Å²) in [5.41, 5.74) is 2.49. The molecule has 0 aliphatic carbocycles. The lowest BCUT2D eigenvalue weighted by Gasteiger charge is -2.24. The Kier molecular flexibility index (Phi) is 5.77. The van der Waals surface area contributed by atoms with E-state index in [9.17, 15) is 4.79 Å². The van der Waals surface area contributed by atoms with Gasteiger partial charge in [-0.3, -0.25) is 9.88 Å². The summed E-state index contributed by atoms with van der Waals surface area (Å²) in [6.07, 6.45) is 4.62. The Morgan fingerprint density at radius 2 is 1.97 bits per heavy atom. The molecule has 32 heavy (non-hydrogen) atoms. The minimum absolute atomic E-state index is 0.322. The van der Waals surface area contributed by atoms with Crippen molar-refractivity contribution in [2.75, 3.05) is 11.9 Å². The SMILES string of the molecule is CN(C(=O)OC(C)(C)C)c1ccc(COc2ccc3oc(-c4cccnc4)nc3c2)cn1. The molecule has 0 aliphatic heterocycles. The maximum absolute atomic E-state index is 12.2. The molecule has 8 nitrogen and oxygen atoms in total. The van der Waals surface area contributed by atoms with Crippen LogP contribution in [0.3, 0.4) is 0 Å². The maximum atomic E-state index is 12.2. The Morgan fingerprint density at radius 1 is 1.12 bits per heavy atom. The molecule has 3 aromatic heterocycles. The summed E-state index contributed by atoms with van der Waals surface area (Å²) in [4.78, 5) is 26.5. The van der Waals surface area contributed by atoms with Crippen molar-refractivity contribution in [2.24, 2.45) is 0 Å². The second-order valence-corrected chi connectivity index (χ2v) is 8.24. The molecular weight excluding hydrogens is 408 g/mol. The van der Waals surface area contributed by atoms with Crippen molar-refractivity contribution >= 4 is 23.0 Å². The van der Waals surface area contributed by atoms with Gasteiger partial charge in [-0.2, -0.15) is 0 Å².